The first-order chi connectivity index (χ1) is 10.3. The normalized spacial score (nSPS) is 17.0. The van der Waals surface area contributed by atoms with Crippen LogP contribution in [0.1, 0.15) is 23.0 Å². The number of imidazole rings is 1. The number of aryl methyl sites for hydroxylation is 1. The van der Waals surface area contributed by atoms with Crippen LogP contribution in [0.3, 0.4) is 0 Å². The van der Waals surface area contributed by atoms with Gasteiger partial charge in [-0.2, -0.15) is 0 Å². The fourth-order valence-electron chi connectivity index (χ4n) is 3.11. The molecule has 1 aromatic heterocycles. The quantitative estimate of drug-likeness (QED) is 0.667. The minimum atomic E-state index is 0.141. The topological polar surface area (TPSA) is 27.1 Å². The van der Waals surface area contributed by atoms with Crippen LogP contribution in [0.2, 0.25) is 0 Å². The number of hydrogen-bond acceptors (Lipinski definition) is 2. The fourth-order valence-corrected chi connectivity index (χ4v) is 3.30. The van der Waals surface area contributed by atoms with Crippen molar-refractivity contribution in [1.82, 2.24) is 9.55 Å². The molecule has 0 spiro atoms. The molecule has 0 bridgehead atoms. The second-order valence-corrected chi connectivity index (χ2v) is 5.61. The Morgan fingerprint density at radius 3 is 2.95 bits per heavy atom. The summed E-state index contributed by atoms with van der Waals surface area (Å²) < 4.78 is 8.05. The van der Waals surface area contributed by atoms with Crippen LogP contribution >= 0.6 is 11.6 Å². The van der Waals surface area contributed by atoms with Crippen molar-refractivity contribution in [3.63, 3.8) is 0 Å². The van der Waals surface area contributed by atoms with Gasteiger partial charge in [-0.25, -0.2) is 4.98 Å². The average molecular weight is 299 g/mol. The van der Waals surface area contributed by atoms with Crippen molar-refractivity contribution in [2.45, 2.75) is 18.8 Å². The third kappa shape index (κ3) is 1.84. The first kappa shape index (κ1) is 12.7. The molecule has 4 rings (SSSR count). The molecule has 1 unspecified atom stereocenters. The van der Waals surface area contributed by atoms with Crippen LogP contribution < -0.4 is 4.74 Å². The van der Waals surface area contributed by atoms with Crippen molar-refractivity contribution in [1.29, 1.82) is 0 Å². The molecule has 0 radical (unpaired) electrons. The first-order valence-electron chi connectivity index (χ1n) is 7.03. The molecule has 0 amide bonds. The maximum atomic E-state index is 6.14. The van der Waals surface area contributed by atoms with Gasteiger partial charge in [-0.3, -0.25) is 0 Å². The van der Waals surface area contributed by atoms with E-state index in [2.05, 4.69) is 35.8 Å². The minimum Gasteiger partial charge on any atom is -0.491 e. The smallest absolute Gasteiger partial charge is 0.125 e. The van der Waals surface area contributed by atoms with E-state index in [1.54, 1.807) is 0 Å². The molecule has 2 aromatic carbocycles. The number of hydrogen-bond donors (Lipinski definition) is 0. The number of fused-ring (bicyclic) bond motifs is 2. The molecule has 1 atom stereocenters. The zero-order chi connectivity index (χ0) is 14.4. The van der Waals surface area contributed by atoms with Gasteiger partial charge in [0.1, 0.15) is 18.2 Å². The van der Waals surface area contributed by atoms with Crippen LogP contribution in [-0.2, 0) is 5.88 Å². The summed E-state index contributed by atoms with van der Waals surface area (Å²) in [5.74, 6) is 2.25. The first-order valence-corrected chi connectivity index (χ1v) is 7.57. The maximum Gasteiger partial charge on any atom is 0.125 e. The highest BCUT2D eigenvalue weighted by atomic mass is 35.5. The molecule has 3 nitrogen and oxygen atoms in total. The van der Waals surface area contributed by atoms with Gasteiger partial charge in [0.2, 0.25) is 0 Å². The lowest BCUT2D eigenvalue weighted by Crippen LogP contribution is -2.14. The molecule has 0 saturated carbocycles. The van der Waals surface area contributed by atoms with Crippen molar-refractivity contribution in [3.8, 4) is 5.75 Å². The summed E-state index contributed by atoms with van der Waals surface area (Å²) >= 11 is 6.14. The van der Waals surface area contributed by atoms with Gasteiger partial charge in [-0.1, -0.05) is 30.3 Å². The molecule has 0 aliphatic carbocycles. The highest BCUT2D eigenvalue weighted by Gasteiger charge is 2.28. The van der Waals surface area contributed by atoms with Gasteiger partial charge in [0.05, 0.1) is 23.0 Å². The number of halogens is 1. The average Bonchev–Trinajstić information content (AvgIpc) is 3.08. The van der Waals surface area contributed by atoms with E-state index in [0.29, 0.717) is 12.5 Å². The Hall–Kier alpha value is -2.00. The minimum absolute atomic E-state index is 0.141. The van der Waals surface area contributed by atoms with Crippen LogP contribution in [0.5, 0.6) is 5.75 Å². The van der Waals surface area contributed by atoms with E-state index in [1.807, 2.05) is 18.2 Å². The highest BCUT2D eigenvalue weighted by molar-refractivity contribution is 6.16. The van der Waals surface area contributed by atoms with Crippen molar-refractivity contribution < 1.29 is 4.74 Å². The van der Waals surface area contributed by atoms with E-state index in [1.165, 1.54) is 11.1 Å². The Balaban J connectivity index is 1.97. The number of rotatable bonds is 2. The van der Waals surface area contributed by atoms with Crippen LogP contribution in [0.25, 0.3) is 11.0 Å². The number of ether oxygens (including phenoxy) is 1. The van der Waals surface area contributed by atoms with E-state index in [4.69, 9.17) is 21.3 Å². The molecular weight excluding hydrogens is 284 g/mol. The number of para-hydroxylation sites is 2. The third-order valence-electron chi connectivity index (χ3n) is 4.10. The Morgan fingerprint density at radius 2 is 2.10 bits per heavy atom. The van der Waals surface area contributed by atoms with Gasteiger partial charge in [0.15, 0.2) is 0 Å². The van der Waals surface area contributed by atoms with Gasteiger partial charge in [0.25, 0.3) is 0 Å². The summed E-state index contributed by atoms with van der Waals surface area (Å²) in [6.45, 7) is 2.71. The van der Waals surface area contributed by atoms with E-state index in [9.17, 15) is 0 Å². The van der Waals surface area contributed by atoms with Gasteiger partial charge >= 0.3 is 0 Å². The Morgan fingerprint density at radius 1 is 1.24 bits per heavy atom. The lowest BCUT2D eigenvalue weighted by molar-refractivity contribution is 0.317. The number of benzene rings is 2. The molecular formula is C17H15ClN2O. The molecule has 1 aliphatic rings. The summed E-state index contributed by atoms with van der Waals surface area (Å²) in [6, 6.07) is 14.6. The van der Waals surface area contributed by atoms with Gasteiger partial charge in [0, 0.05) is 5.56 Å². The Kier molecular flexibility index (Phi) is 2.89. The van der Waals surface area contributed by atoms with Gasteiger partial charge < -0.3 is 9.30 Å². The SMILES string of the molecule is Cc1cccc2c1nc(CCl)n2C1COc2ccccc21. The molecule has 2 heterocycles. The van der Waals surface area contributed by atoms with Gasteiger partial charge in [-0.15, -0.1) is 11.6 Å². The van der Waals surface area contributed by atoms with Crippen molar-refractivity contribution in [2.24, 2.45) is 0 Å². The van der Waals surface area contributed by atoms with Crippen molar-refractivity contribution in [2.75, 3.05) is 6.61 Å². The van der Waals surface area contributed by atoms with Gasteiger partial charge in [-0.05, 0) is 24.6 Å². The molecule has 0 N–H and O–H groups in total. The maximum absolute atomic E-state index is 6.14. The summed E-state index contributed by atoms with van der Waals surface area (Å²) in [6.07, 6.45) is 0. The predicted octanol–water partition coefficient (Wildman–Crippen LogP) is 4.07. The van der Waals surface area contributed by atoms with E-state index < -0.39 is 0 Å². The number of nitrogens with zero attached hydrogens (tertiary/aromatic N) is 2. The molecule has 3 aromatic rings. The fraction of sp³-hybridized carbons (Fsp3) is 0.235. The zero-order valence-corrected chi connectivity index (χ0v) is 12.5. The lowest BCUT2D eigenvalue weighted by Gasteiger charge is -2.15. The van der Waals surface area contributed by atoms with E-state index >= 15 is 0 Å². The van der Waals surface area contributed by atoms with Crippen molar-refractivity contribution >= 4 is 22.6 Å². The Labute approximate surface area is 128 Å². The molecule has 0 saturated heterocycles. The summed E-state index contributed by atoms with van der Waals surface area (Å²) in [5.41, 5.74) is 4.52. The molecule has 4 heteroatoms. The van der Waals surface area contributed by atoms with Crippen LogP contribution in [0.4, 0.5) is 0 Å². The summed E-state index contributed by atoms with van der Waals surface area (Å²) in [4.78, 5) is 4.72. The van der Waals surface area contributed by atoms with Crippen LogP contribution in [0, 0.1) is 6.92 Å². The number of aromatic nitrogens is 2. The summed E-state index contributed by atoms with van der Waals surface area (Å²) in [5, 5.41) is 0. The second-order valence-electron chi connectivity index (χ2n) is 5.34. The Bertz CT molecular complexity index is 825. The monoisotopic (exact) mass is 298 g/mol. The zero-order valence-electron chi connectivity index (χ0n) is 11.7. The molecule has 21 heavy (non-hydrogen) atoms. The van der Waals surface area contributed by atoms with E-state index in [-0.39, 0.29) is 6.04 Å². The van der Waals surface area contributed by atoms with Crippen LogP contribution in [-0.4, -0.2) is 16.2 Å². The van der Waals surface area contributed by atoms with Crippen LogP contribution in [0.15, 0.2) is 42.5 Å². The van der Waals surface area contributed by atoms with Crippen molar-refractivity contribution in [3.05, 3.63) is 59.4 Å². The predicted molar refractivity (Wildman–Crippen MR) is 84.1 cm³/mol. The lowest BCUT2D eigenvalue weighted by atomic mass is 10.1. The van der Waals surface area contributed by atoms with E-state index in [0.717, 1.165) is 22.6 Å². The number of alkyl halides is 1. The largest absolute Gasteiger partial charge is 0.491 e. The molecule has 106 valence electrons. The molecule has 1 aliphatic heterocycles. The molecule has 0 fully saturated rings. The second kappa shape index (κ2) is 4.78. The third-order valence-corrected chi connectivity index (χ3v) is 4.34. The summed E-state index contributed by atoms with van der Waals surface area (Å²) in [7, 11) is 0. The highest BCUT2D eigenvalue weighted by Crippen LogP contribution is 2.37. The standard InChI is InChI=1S/C17H15ClN2O/c1-11-5-4-7-13-17(11)19-16(9-18)20(13)14-10-21-15-8-3-2-6-12(14)15/h2-8,14H,9-10H2,1H3.